The van der Waals surface area contributed by atoms with E-state index in [1.807, 2.05) is 0 Å². The Bertz CT molecular complexity index is 453. The van der Waals surface area contributed by atoms with Gasteiger partial charge in [0.2, 0.25) is 0 Å². The first-order valence-electron chi connectivity index (χ1n) is 8.13. The van der Waals surface area contributed by atoms with Gasteiger partial charge >= 0.3 is 0 Å². The molecule has 118 valence electrons. The van der Waals surface area contributed by atoms with Gasteiger partial charge < -0.3 is 14.8 Å². The van der Waals surface area contributed by atoms with E-state index < -0.39 is 0 Å². The number of ether oxygens (including phenoxy) is 2. The first-order chi connectivity index (χ1) is 10.2. The van der Waals surface area contributed by atoms with E-state index in [1.54, 1.807) is 7.11 Å². The van der Waals surface area contributed by atoms with Crippen molar-refractivity contribution in [2.45, 2.75) is 46.1 Å². The Morgan fingerprint density at radius 2 is 2.19 bits per heavy atom. The third kappa shape index (κ3) is 3.98. The molecule has 1 aromatic rings. The Kier molecular flexibility index (Phi) is 6.07. The first kappa shape index (κ1) is 16.3. The molecule has 1 aromatic carbocycles. The van der Waals surface area contributed by atoms with Crippen LogP contribution in [0, 0.1) is 19.8 Å². The fourth-order valence-electron chi connectivity index (χ4n) is 3.34. The highest BCUT2D eigenvalue weighted by Crippen LogP contribution is 2.37. The minimum atomic E-state index is 0.320. The molecule has 1 heterocycles. The molecule has 0 saturated carbocycles. The fourth-order valence-corrected chi connectivity index (χ4v) is 3.34. The Morgan fingerprint density at radius 3 is 2.81 bits per heavy atom. The van der Waals surface area contributed by atoms with E-state index in [-0.39, 0.29) is 0 Å². The van der Waals surface area contributed by atoms with Crippen LogP contribution in [0.4, 0.5) is 0 Å². The van der Waals surface area contributed by atoms with Gasteiger partial charge in [-0.3, -0.25) is 0 Å². The van der Waals surface area contributed by atoms with Crippen LogP contribution in [0.1, 0.15) is 48.9 Å². The molecular weight excluding hydrogens is 262 g/mol. The lowest BCUT2D eigenvalue weighted by molar-refractivity contribution is 0.0386. The van der Waals surface area contributed by atoms with Crippen LogP contribution in [0.25, 0.3) is 0 Å². The van der Waals surface area contributed by atoms with Gasteiger partial charge in [-0.2, -0.15) is 0 Å². The summed E-state index contributed by atoms with van der Waals surface area (Å²) < 4.78 is 11.4. The van der Waals surface area contributed by atoms with Gasteiger partial charge in [-0.25, -0.2) is 0 Å². The predicted octanol–water partition coefficient (Wildman–Crippen LogP) is 3.78. The average molecular weight is 291 g/mol. The molecule has 0 bridgehead atoms. The van der Waals surface area contributed by atoms with Crippen molar-refractivity contribution in [2.24, 2.45) is 5.92 Å². The molecule has 2 rings (SSSR count). The largest absolute Gasteiger partial charge is 0.496 e. The number of benzene rings is 1. The van der Waals surface area contributed by atoms with Crippen molar-refractivity contribution in [2.75, 3.05) is 26.9 Å². The van der Waals surface area contributed by atoms with Crippen molar-refractivity contribution in [3.05, 3.63) is 28.8 Å². The second kappa shape index (κ2) is 7.81. The first-order valence-corrected chi connectivity index (χ1v) is 8.13. The van der Waals surface area contributed by atoms with E-state index in [0.717, 1.165) is 38.3 Å². The minimum Gasteiger partial charge on any atom is -0.496 e. The van der Waals surface area contributed by atoms with Gasteiger partial charge in [-0.05, 0) is 56.8 Å². The standard InChI is InChI=1S/C18H29NO2/c1-5-8-19-18(15-7-6-9-21-12-15)17-14(3)10-13(2)11-16(17)20-4/h10-11,15,18-19H,5-9,12H2,1-4H3. The van der Waals surface area contributed by atoms with Crippen LogP contribution in [0.15, 0.2) is 12.1 Å². The molecule has 0 aromatic heterocycles. The average Bonchev–Trinajstić information content (AvgIpc) is 2.49. The summed E-state index contributed by atoms with van der Waals surface area (Å²) in [5.74, 6) is 1.53. The van der Waals surface area contributed by atoms with E-state index >= 15 is 0 Å². The number of hydrogen-bond acceptors (Lipinski definition) is 3. The van der Waals surface area contributed by atoms with Gasteiger partial charge in [0, 0.05) is 24.1 Å². The molecule has 0 spiro atoms. The van der Waals surface area contributed by atoms with Crippen molar-refractivity contribution in [3.63, 3.8) is 0 Å². The van der Waals surface area contributed by atoms with Gasteiger partial charge in [0.15, 0.2) is 0 Å². The minimum absolute atomic E-state index is 0.320. The van der Waals surface area contributed by atoms with Crippen LogP contribution < -0.4 is 10.1 Å². The third-order valence-corrected chi connectivity index (χ3v) is 4.31. The second-order valence-electron chi connectivity index (χ2n) is 6.11. The van der Waals surface area contributed by atoms with Crippen LogP contribution in [-0.2, 0) is 4.74 Å². The molecule has 3 nitrogen and oxygen atoms in total. The molecule has 2 atom stereocenters. The lowest BCUT2D eigenvalue weighted by Crippen LogP contribution is -2.34. The van der Waals surface area contributed by atoms with Crippen molar-refractivity contribution in [1.82, 2.24) is 5.32 Å². The maximum absolute atomic E-state index is 5.72. The molecule has 2 unspecified atom stereocenters. The number of nitrogens with one attached hydrogen (secondary N) is 1. The summed E-state index contributed by atoms with van der Waals surface area (Å²) in [6, 6.07) is 4.72. The topological polar surface area (TPSA) is 30.5 Å². The summed E-state index contributed by atoms with van der Waals surface area (Å²) in [6.07, 6.45) is 3.51. The number of hydrogen-bond donors (Lipinski definition) is 1. The summed E-state index contributed by atoms with van der Waals surface area (Å²) in [5.41, 5.74) is 3.88. The van der Waals surface area contributed by atoms with Crippen LogP contribution in [0.2, 0.25) is 0 Å². The SMILES string of the molecule is CCCNC(c1c(C)cc(C)cc1OC)C1CCCOC1. The zero-order valence-electron chi connectivity index (χ0n) is 13.9. The van der Waals surface area contributed by atoms with Gasteiger partial charge in [-0.1, -0.05) is 13.0 Å². The predicted molar refractivity (Wildman–Crippen MR) is 87.0 cm³/mol. The van der Waals surface area contributed by atoms with Gasteiger partial charge in [0.25, 0.3) is 0 Å². The molecule has 0 aliphatic carbocycles. The van der Waals surface area contributed by atoms with Crippen molar-refractivity contribution < 1.29 is 9.47 Å². The maximum Gasteiger partial charge on any atom is 0.124 e. The molecule has 1 fully saturated rings. The molecular formula is C18H29NO2. The molecule has 1 aliphatic heterocycles. The number of rotatable bonds is 6. The Labute approximate surface area is 129 Å². The van der Waals surface area contributed by atoms with E-state index in [9.17, 15) is 0 Å². The van der Waals surface area contributed by atoms with E-state index in [2.05, 4.69) is 38.2 Å². The Balaban J connectivity index is 2.34. The molecule has 0 amide bonds. The molecule has 1 aliphatic rings. The van der Waals surface area contributed by atoms with Crippen molar-refractivity contribution >= 4 is 0 Å². The van der Waals surface area contributed by atoms with Crippen LogP contribution in [0.3, 0.4) is 0 Å². The monoisotopic (exact) mass is 291 g/mol. The van der Waals surface area contributed by atoms with Gasteiger partial charge in [0.1, 0.15) is 5.75 Å². The van der Waals surface area contributed by atoms with E-state index in [1.165, 1.54) is 23.1 Å². The summed E-state index contributed by atoms with van der Waals surface area (Å²) in [6.45, 7) is 9.30. The van der Waals surface area contributed by atoms with E-state index in [0.29, 0.717) is 12.0 Å². The lowest BCUT2D eigenvalue weighted by atomic mass is 9.85. The summed E-state index contributed by atoms with van der Waals surface area (Å²) in [5, 5.41) is 3.73. The number of methoxy groups -OCH3 is 1. The highest BCUT2D eigenvalue weighted by atomic mass is 16.5. The summed E-state index contributed by atoms with van der Waals surface area (Å²) >= 11 is 0. The molecule has 1 N–H and O–H groups in total. The summed E-state index contributed by atoms with van der Waals surface area (Å²) in [7, 11) is 1.77. The second-order valence-corrected chi connectivity index (χ2v) is 6.11. The highest BCUT2D eigenvalue weighted by molar-refractivity contribution is 5.45. The normalized spacial score (nSPS) is 20.3. The lowest BCUT2D eigenvalue weighted by Gasteiger charge is -2.33. The fraction of sp³-hybridized carbons (Fsp3) is 0.667. The van der Waals surface area contributed by atoms with Crippen LogP contribution >= 0.6 is 0 Å². The molecule has 0 radical (unpaired) electrons. The van der Waals surface area contributed by atoms with Gasteiger partial charge in [-0.15, -0.1) is 0 Å². The van der Waals surface area contributed by atoms with Gasteiger partial charge in [0.05, 0.1) is 13.7 Å². The molecule has 1 saturated heterocycles. The smallest absolute Gasteiger partial charge is 0.124 e. The maximum atomic E-state index is 5.72. The Morgan fingerprint density at radius 1 is 1.38 bits per heavy atom. The highest BCUT2D eigenvalue weighted by Gasteiger charge is 2.28. The third-order valence-electron chi connectivity index (χ3n) is 4.31. The number of aryl methyl sites for hydroxylation is 2. The molecule has 3 heteroatoms. The van der Waals surface area contributed by atoms with Crippen LogP contribution in [0.5, 0.6) is 5.75 Å². The van der Waals surface area contributed by atoms with Crippen molar-refractivity contribution in [1.29, 1.82) is 0 Å². The zero-order chi connectivity index (χ0) is 15.2. The van der Waals surface area contributed by atoms with Crippen LogP contribution in [-0.4, -0.2) is 26.9 Å². The quantitative estimate of drug-likeness (QED) is 0.865. The zero-order valence-corrected chi connectivity index (χ0v) is 13.9. The van der Waals surface area contributed by atoms with E-state index in [4.69, 9.17) is 9.47 Å². The molecule has 21 heavy (non-hydrogen) atoms. The Hall–Kier alpha value is -1.06. The summed E-state index contributed by atoms with van der Waals surface area (Å²) in [4.78, 5) is 0. The van der Waals surface area contributed by atoms with Crippen molar-refractivity contribution in [3.8, 4) is 5.75 Å².